The number of nitrogens with zero attached hydrogens (tertiary/aromatic N) is 7. The van der Waals surface area contributed by atoms with Crippen LogP contribution in [0.15, 0.2) is 132 Å². The monoisotopic (exact) mass is 1030 g/mol. The fourth-order valence-electron chi connectivity index (χ4n) is 6.27. The number of phenolic OH excluding ortho intramolecular Hbond substituents is 1. The molecule has 0 saturated carbocycles. The van der Waals surface area contributed by atoms with Gasteiger partial charge in [0.25, 0.3) is 15.7 Å². The summed E-state index contributed by atoms with van der Waals surface area (Å²) in [5.74, 6) is -2.58. The minimum absolute atomic E-state index is 0. The molecule has 2 aromatic heterocycles. The molecule has 8 aromatic rings. The molecule has 0 saturated heterocycles. The first kappa shape index (κ1) is 48.6. The molecule has 65 heavy (non-hydrogen) atoms. The molecule has 0 fully saturated rings. The number of benzene rings is 6. The van der Waals surface area contributed by atoms with Gasteiger partial charge in [-0.1, -0.05) is 101 Å². The molecule has 0 aliphatic rings. The molecule has 2 heterocycles. The van der Waals surface area contributed by atoms with Crippen LogP contribution in [0.5, 0.6) is 17.4 Å². The second-order valence-corrected chi connectivity index (χ2v) is 17.9. The van der Waals surface area contributed by atoms with Gasteiger partial charge in [0, 0.05) is 31.6 Å². The molecule has 0 spiro atoms. The predicted molar refractivity (Wildman–Crippen MR) is 234 cm³/mol. The molecule has 0 aliphatic carbocycles. The van der Waals surface area contributed by atoms with Crippen molar-refractivity contribution >= 4 is 111 Å². The molecule has 3 N–H and O–H groups in total. The van der Waals surface area contributed by atoms with E-state index >= 15 is 0 Å². The number of hydrogen-bond acceptors (Lipinski definition) is 14. The first-order valence-corrected chi connectivity index (χ1v) is 22.2. The number of aromatic nitrogens is 4. The fourth-order valence-corrected chi connectivity index (χ4v) is 8.21. The van der Waals surface area contributed by atoms with Crippen molar-refractivity contribution < 1.29 is 58.6 Å². The van der Waals surface area contributed by atoms with Crippen molar-refractivity contribution in [2.24, 2.45) is 20.5 Å². The number of azo groups is 2. The molecular formula is C40H25Cl4CrN8O10S2. The van der Waals surface area contributed by atoms with E-state index in [1.165, 1.54) is 43.3 Å². The Kier molecular flexibility index (Phi) is 14.2. The summed E-state index contributed by atoms with van der Waals surface area (Å²) in [6.45, 7) is 3.08. The number of fused-ring (bicyclic) bond motifs is 2. The standard InChI is InChI=1S/2C20H14Cl2N4O5S.Cr/c2*1-10-17(20(28)26(25-10)15-9-12(21)6-7-14(15)22)23-24-18-13-5-3-2-4-11(13)8-16(19(18)27)32(29,30)31;/h2-9,27-28H,1H3,(H,29,30,31);2-9,25,27H,1H3,(H,29,30,31);/q;;+3/p-3. The number of nitrogens with one attached hydrogen (secondary N) is 1. The first-order chi connectivity index (χ1) is 30.1. The molecule has 0 aliphatic heterocycles. The summed E-state index contributed by atoms with van der Waals surface area (Å²) in [7, 11) is -9.80. The smallest absolute Gasteiger partial charge is 0.870 e. The SMILES string of the molecule is Cc1[nH]n(-c2cc(Cl)ccc2Cl)c(=O)c1N=Nc1c(O)c(S(=O)(=O)O)cc2ccccc12.Cc1nn(-c2cc(Cl)ccc2Cl)c([O-])c1N=Nc1c([O-])c(S(=O)(=O)[O-])cc2ccccc12.[Cr+3]. The van der Waals surface area contributed by atoms with Gasteiger partial charge in [0.1, 0.15) is 26.4 Å². The van der Waals surface area contributed by atoms with Crippen LogP contribution in [-0.2, 0) is 37.6 Å². The van der Waals surface area contributed by atoms with E-state index in [0.717, 1.165) is 21.5 Å². The van der Waals surface area contributed by atoms with Gasteiger partial charge >= 0.3 is 17.4 Å². The Hall–Kier alpha value is -5.83. The minimum atomic E-state index is -5.06. The van der Waals surface area contributed by atoms with Crippen molar-refractivity contribution in [2.75, 3.05) is 0 Å². The Morgan fingerprint density at radius 1 is 0.677 bits per heavy atom. The number of aromatic amines is 1. The van der Waals surface area contributed by atoms with Crippen LogP contribution in [0.3, 0.4) is 0 Å². The largest absolute Gasteiger partial charge is 3.00 e. The van der Waals surface area contributed by atoms with Crippen LogP contribution < -0.4 is 15.8 Å². The molecule has 18 nitrogen and oxygen atoms in total. The van der Waals surface area contributed by atoms with Gasteiger partial charge in [-0.2, -0.15) is 18.6 Å². The van der Waals surface area contributed by atoms with Crippen LogP contribution >= 0.6 is 46.4 Å². The average Bonchev–Trinajstić information content (AvgIpc) is 3.68. The molecule has 6 aromatic carbocycles. The second kappa shape index (κ2) is 18.9. The Balaban J connectivity index is 0.000000212. The number of H-pyrrole nitrogens is 1. The molecule has 0 bridgehead atoms. The van der Waals surface area contributed by atoms with E-state index < -0.39 is 53.0 Å². The van der Waals surface area contributed by atoms with Crippen molar-refractivity contribution in [1.29, 1.82) is 0 Å². The number of hydrogen-bond donors (Lipinski definition) is 3. The summed E-state index contributed by atoms with van der Waals surface area (Å²) in [5, 5.41) is 61.1. The molecular weight excluding hydrogens is 1010 g/mol. The quantitative estimate of drug-likeness (QED) is 0.0951. The van der Waals surface area contributed by atoms with Gasteiger partial charge in [-0.05, 0) is 73.2 Å². The van der Waals surface area contributed by atoms with Crippen LogP contribution in [0.4, 0.5) is 22.7 Å². The zero-order valence-corrected chi connectivity index (χ0v) is 38.7. The van der Waals surface area contributed by atoms with Gasteiger partial charge in [-0.25, -0.2) is 17.8 Å². The molecule has 331 valence electrons. The summed E-state index contributed by atoms with van der Waals surface area (Å²) >= 11 is 24.3. The van der Waals surface area contributed by atoms with Crippen molar-refractivity contribution in [2.45, 2.75) is 23.6 Å². The van der Waals surface area contributed by atoms with E-state index in [-0.39, 0.29) is 66.9 Å². The van der Waals surface area contributed by atoms with Crippen LogP contribution in [0.2, 0.25) is 20.1 Å². The third-order valence-electron chi connectivity index (χ3n) is 9.26. The van der Waals surface area contributed by atoms with E-state index in [4.69, 9.17) is 46.4 Å². The number of rotatable bonds is 8. The van der Waals surface area contributed by atoms with Gasteiger partial charge in [-0.15, -0.1) is 15.3 Å². The van der Waals surface area contributed by atoms with Crippen LogP contribution in [-0.4, -0.2) is 50.6 Å². The number of halogens is 4. The predicted octanol–water partition coefficient (Wildman–Crippen LogP) is 9.41. The Morgan fingerprint density at radius 2 is 1.17 bits per heavy atom. The minimum Gasteiger partial charge on any atom is -0.870 e. The van der Waals surface area contributed by atoms with Crippen LogP contribution in [0, 0.1) is 13.8 Å². The maximum atomic E-state index is 12.9. The normalized spacial score (nSPS) is 11.9. The Bertz CT molecular complexity index is 3560. The van der Waals surface area contributed by atoms with Crippen LogP contribution in [0.1, 0.15) is 11.4 Å². The number of aryl methyl sites for hydroxylation is 2. The second-order valence-electron chi connectivity index (χ2n) is 13.5. The van der Waals surface area contributed by atoms with Gasteiger partial charge in [0.15, 0.2) is 11.4 Å². The molecule has 25 heteroatoms. The number of phenols is 1. The first-order valence-electron chi connectivity index (χ1n) is 17.9. The molecule has 1 radical (unpaired) electrons. The van der Waals surface area contributed by atoms with E-state index in [1.807, 2.05) is 0 Å². The van der Waals surface area contributed by atoms with Gasteiger partial charge < -0.3 is 19.9 Å². The Morgan fingerprint density at radius 3 is 1.75 bits per heavy atom. The van der Waals surface area contributed by atoms with Crippen molar-refractivity contribution in [3.8, 4) is 28.8 Å². The average molecular weight is 1040 g/mol. The van der Waals surface area contributed by atoms with Crippen molar-refractivity contribution in [3.05, 3.63) is 139 Å². The zero-order chi connectivity index (χ0) is 46.4. The van der Waals surface area contributed by atoms with Gasteiger partial charge in [0.2, 0.25) is 0 Å². The molecule has 0 atom stereocenters. The van der Waals surface area contributed by atoms with E-state index in [1.54, 1.807) is 55.5 Å². The summed E-state index contributed by atoms with van der Waals surface area (Å²) in [6.07, 6.45) is 0. The fraction of sp³-hybridized carbons (Fsp3) is 0.0500. The molecule has 0 amide bonds. The summed E-state index contributed by atoms with van der Waals surface area (Å²) in [6, 6.07) is 23.9. The summed E-state index contributed by atoms with van der Waals surface area (Å²) < 4.78 is 69.6. The van der Waals surface area contributed by atoms with Crippen molar-refractivity contribution in [1.82, 2.24) is 19.6 Å². The maximum Gasteiger partial charge on any atom is 3.00 e. The maximum absolute atomic E-state index is 12.9. The topological polar surface area (TPSA) is 283 Å². The van der Waals surface area contributed by atoms with Gasteiger partial charge in [0.05, 0.1) is 38.5 Å². The molecule has 8 rings (SSSR count). The number of aromatic hydroxyl groups is 1. The van der Waals surface area contributed by atoms with Gasteiger partial charge in [-0.3, -0.25) is 14.4 Å². The van der Waals surface area contributed by atoms with E-state index in [2.05, 4.69) is 30.7 Å². The Labute approximate surface area is 398 Å². The summed E-state index contributed by atoms with van der Waals surface area (Å²) in [5.41, 5.74) is -0.443. The third-order valence-corrected chi connectivity index (χ3v) is 12.1. The van der Waals surface area contributed by atoms with Crippen molar-refractivity contribution in [3.63, 3.8) is 0 Å². The van der Waals surface area contributed by atoms with E-state index in [0.29, 0.717) is 37.6 Å². The zero-order valence-electron chi connectivity index (χ0n) is 32.8. The third kappa shape index (κ3) is 9.90. The van der Waals surface area contributed by atoms with Crippen LogP contribution in [0.25, 0.3) is 32.9 Å². The molecule has 0 unspecified atom stereocenters. The summed E-state index contributed by atoms with van der Waals surface area (Å²) in [4.78, 5) is 11.3. The van der Waals surface area contributed by atoms with E-state index in [9.17, 15) is 46.1 Å².